The van der Waals surface area contributed by atoms with Crippen LogP contribution in [0.25, 0.3) is 33.3 Å². The number of carboxylic acids is 1. The van der Waals surface area contributed by atoms with E-state index in [-0.39, 0.29) is 17.7 Å². The van der Waals surface area contributed by atoms with Crippen molar-refractivity contribution >= 4 is 28.5 Å². The zero-order chi connectivity index (χ0) is 35.6. The number of aromatic carboxylic acids is 1. The zero-order valence-corrected chi connectivity index (χ0v) is 29.3. The molecule has 0 spiro atoms. The Morgan fingerprint density at radius 3 is 2.54 bits per heavy atom. The molecule has 5 aromatic rings. The van der Waals surface area contributed by atoms with Gasteiger partial charge in [0.2, 0.25) is 5.91 Å². The van der Waals surface area contributed by atoms with Crippen LogP contribution in [0.2, 0.25) is 0 Å². The summed E-state index contributed by atoms with van der Waals surface area (Å²) in [7, 11) is 0. The minimum Gasteiger partial charge on any atom is -0.476 e. The van der Waals surface area contributed by atoms with Gasteiger partial charge < -0.3 is 24.4 Å². The minimum absolute atomic E-state index is 0.0559. The van der Waals surface area contributed by atoms with E-state index in [1.54, 1.807) is 13.0 Å². The highest BCUT2D eigenvalue weighted by Gasteiger charge is 2.31. The highest BCUT2D eigenvalue weighted by Crippen LogP contribution is 2.37. The maximum Gasteiger partial charge on any atom is 0.356 e. The second-order valence-electron chi connectivity index (χ2n) is 13.8. The minimum atomic E-state index is -1.08. The van der Waals surface area contributed by atoms with Gasteiger partial charge >= 0.3 is 5.97 Å². The van der Waals surface area contributed by atoms with Crippen LogP contribution in [0.15, 0.2) is 60.9 Å². The number of nitrogens with zero attached hydrogens (tertiary/aromatic N) is 8. The Hall–Kier alpha value is -5.27. The quantitative estimate of drug-likeness (QED) is 0.218. The molecule has 1 amide bonds. The van der Waals surface area contributed by atoms with E-state index in [2.05, 4.69) is 50.1 Å². The Balaban J connectivity index is 0.926. The molecule has 7 heterocycles. The fourth-order valence-corrected chi connectivity index (χ4v) is 7.61. The Bertz CT molecular complexity index is 2070. The number of carbonyl (C=O) groups excluding carboxylic acids is 1. The van der Waals surface area contributed by atoms with Gasteiger partial charge in [-0.1, -0.05) is 18.2 Å². The van der Waals surface area contributed by atoms with E-state index < -0.39 is 5.97 Å². The third-order valence-corrected chi connectivity index (χ3v) is 10.6. The molecule has 13 heteroatoms. The van der Waals surface area contributed by atoms with Gasteiger partial charge in [0, 0.05) is 105 Å². The SMILES string of the molecule is CC(=O)N1CCc2c(c(-c3cccc4cc(-c5ccc(CCOC6CCN(c7ccc(C(=O)O)nn7)CC6)nc5)ncc34)nn2C2CCOCC2)C1. The highest BCUT2D eigenvalue weighted by molar-refractivity contribution is 5.97. The molecule has 13 nitrogen and oxygen atoms in total. The van der Waals surface area contributed by atoms with Gasteiger partial charge in [-0.2, -0.15) is 5.10 Å². The van der Waals surface area contributed by atoms with Gasteiger partial charge in [-0.15, -0.1) is 10.2 Å². The number of amides is 1. The molecule has 0 unspecified atom stereocenters. The molecule has 1 N–H and O–H groups in total. The molecule has 8 rings (SSSR count). The lowest BCUT2D eigenvalue weighted by Gasteiger charge is -2.32. The Morgan fingerprint density at radius 2 is 1.81 bits per heavy atom. The predicted molar refractivity (Wildman–Crippen MR) is 194 cm³/mol. The lowest BCUT2D eigenvalue weighted by Crippen LogP contribution is -2.37. The lowest BCUT2D eigenvalue weighted by molar-refractivity contribution is -0.129. The first-order valence-corrected chi connectivity index (χ1v) is 18.1. The number of pyridine rings is 2. The summed E-state index contributed by atoms with van der Waals surface area (Å²) in [5.41, 5.74) is 7.05. The normalized spacial score (nSPS) is 17.0. The molecule has 52 heavy (non-hydrogen) atoms. The number of ether oxygens (including phenoxy) is 2. The standard InChI is InChI=1S/C39H42N8O5/c1-25(48)46-17-11-36-33(24-46)38(44-47(36)29-13-18-51-19-14-29)31-4-2-3-26-21-35(41-23-32(26)31)27-5-6-28(40-22-27)12-20-52-30-9-15-45(16-10-30)37-8-7-34(39(49)50)42-43-37/h2-8,21-23,29-30H,9-20,24H2,1H3,(H,49,50). The zero-order valence-electron chi connectivity index (χ0n) is 29.3. The van der Waals surface area contributed by atoms with Gasteiger partial charge in [0.05, 0.1) is 30.1 Å². The third-order valence-electron chi connectivity index (χ3n) is 10.6. The number of carbonyl (C=O) groups is 2. The Morgan fingerprint density at radius 1 is 0.962 bits per heavy atom. The average molecular weight is 703 g/mol. The lowest BCUT2D eigenvalue weighted by atomic mass is 9.96. The molecule has 0 atom stereocenters. The van der Waals surface area contributed by atoms with E-state index in [0.29, 0.717) is 38.0 Å². The topological polar surface area (TPSA) is 149 Å². The molecule has 3 aliphatic rings. The number of aromatic nitrogens is 6. The van der Waals surface area contributed by atoms with Crippen molar-refractivity contribution in [3.05, 3.63) is 83.6 Å². The van der Waals surface area contributed by atoms with Crippen molar-refractivity contribution in [1.82, 2.24) is 34.8 Å². The van der Waals surface area contributed by atoms with Crippen molar-refractivity contribution in [3.8, 4) is 22.5 Å². The van der Waals surface area contributed by atoms with Crippen LogP contribution in [-0.2, 0) is 33.7 Å². The fraction of sp³-hybridized carbons (Fsp3) is 0.410. The predicted octanol–water partition coefficient (Wildman–Crippen LogP) is 5.13. The number of benzene rings is 1. The van der Waals surface area contributed by atoms with Gasteiger partial charge in [-0.05, 0) is 61.4 Å². The molecular weight excluding hydrogens is 660 g/mol. The summed E-state index contributed by atoms with van der Waals surface area (Å²) in [6.07, 6.45) is 9.09. The average Bonchev–Trinajstić information content (AvgIpc) is 3.57. The Labute approximate surface area is 301 Å². The number of hydrogen-bond donors (Lipinski definition) is 1. The number of piperidine rings is 1. The highest BCUT2D eigenvalue weighted by atomic mass is 16.5. The van der Waals surface area contributed by atoms with E-state index in [4.69, 9.17) is 29.6 Å². The van der Waals surface area contributed by atoms with Crippen LogP contribution >= 0.6 is 0 Å². The van der Waals surface area contributed by atoms with Gasteiger partial charge in [0.1, 0.15) is 0 Å². The van der Waals surface area contributed by atoms with Crippen molar-refractivity contribution in [2.45, 2.75) is 64.1 Å². The van der Waals surface area contributed by atoms with Crippen LogP contribution < -0.4 is 4.90 Å². The van der Waals surface area contributed by atoms with Gasteiger partial charge in [0.15, 0.2) is 11.5 Å². The number of rotatable bonds is 9. The molecule has 0 bridgehead atoms. The smallest absolute Gasteiger partial charge is 0.356 e. The van der Waals surface area contributed by atoms with E-state index >= 15 is 0 Å². The van der Waals surface area contributed by atoms with Gasteiger partial charge in [-0.3, -0.25) is 19.4 Å². The number of fused-ring (bicyclic) bond motifs is 2. The van der Waals surface area contributed by atoms with Crippen LogP contribution in [-0.4, -0.2) is 97.4 Å². The van der Waals surface area contributed by atoms with E-state index in [0.717, 1.165) is 103 Å². The van der Waals surface area contributed by atoms with Crippen LogP contribution in [0, 0.1) is 0 Å². The first-order valence-electron chi connectivity index (χ1n) is 18.1. The van der Waals surface area contributed by atoms with Gasteiger partial charge in [0.25, 0.3) is 0 Å². The number of carboxylic acid groups (broad SMARTS) is 1. The van der Waals surface area contributed by atoms with E-state index in [9.17, 15) is 9.59 Å². The maximum atomic E-state index is 12.4. The molecule has 4 aromatic heterocycles. The summed E-state index contributed by atoms with van der Waals surface area (Å²) in [4.78, 5) is 37.1. The van der Waals surface area contributed by atoms with Crippen LogP contribution in [0.1, 0.15) is 66.1 Å². The number of hydrogen-bond acceptors (Lipinski definition) is 10. The first-order chi connectivity index (χ1) is 25.4. The van der Waals surface area contributed by atoms with Crippen molar-refractivity contribution in [1.29, 1.82) is 0 Å². The second-order valence-corrected chi connectivity index (χ2v) is 13.8. The largest absolute Gasteiger partial charge is 0.476 e. The molecule has 3 aliphatic heterocycles. The molecule has 1 aromatic carbocycles. The maximum absolute atomic E-state index is 12.4. The molecule has 268 valence electrons. The molecule has 0 aliphatic carbocycles. The summed E-state index contributed by atoms with van der Waals surface area (Å²) >= 11 is 0. The summed E-state index contributed by atoms with van der Waals surface area (Å²) < 4.78 is 14.1. The molecule has 0 saturated carbocycles. The van der Waals surface area contributed by atoms with Crippen LogP contribution in [0.3, 0.4) is 0 Å². The first kappa shape index (κ1) is 33.9. The van der Waals surface area contributed by atoms with E-state index in [1.807, 2.05) is 23.4 Å². The van der Waals surface area contributed by atoms with Crippen LogP contribution in [0.4, 0.5) is 5.82 Å². The van der Waals surface area contributed by atoms with Crippen molar-refractivity contribution in [3.63, 3.8) is 0 Å². The summed E-state index contributed by atoms with van der Waals surface area (Å²) in [6, 6.07) is 16.0. The second kappa shape index (κ2) is 14.8. The van der Waals surface area contributed by atoms with Crippen molar-refractivity contribution in [2.24, 2.45) is 0 Å². The molecule has 0 radical (unpaired) electrons. The molecular formula is C39H42N8O5. The monoisotopic (exact) mass is 702 g/mol. The summed E-state index contributed by atoms with van der Waals surface area (Å²) in [6.45, 7) is 6.54. The van der Waals surface area contributed by atoms with E-state index in [1.165, 1.54) is 11.8 Å². The third kappa shape index (κ3) is 6.98. The van der Waals surface area contributed by atoms with Crippen molar-refractivity contribution in [2.75, 3.05) is 44.4 Å². The fourth-order valence-electron chi connectivity index (χ4n) is 7.61. The van der Waals surface area contributed by atoms with Crippen LogP contribution in [0.5, 0.6) is 0 Å². The number of anilines is 1. The summed E-state index contributed by atoms with van der Waals surface area (Å²) in [5, 5.41) is 24.3. The summed E-state index contributed by atoms with van der Waals surface area (Å²) in [5.74, 6) is -0.305. The van der Waals surface area contributed by atoms with Crippen molar-refractivity contribution < 1.29 is 24.2 Å². The molecule has 2 fully saturated rings. The Kier molecular flexibility index (Phi) is 9.61. The molecule has 2 saturated heterocycles. The van der Waals surface area contributed by atoms with Gasteiger partial charge in [-0.25, -0.2) is 4.79 Å².